The number of anilines is 1. The number of carbonyl (C=O) groups is 3. The fourth-order valence-corrected chi connectivity index (χ4v) is 8.21. The van der Waals surface area contributed by atoms with Gasteiger partial charge in [-0.3, -0.25) is 14.4 Å². The van der Waals surface area contributed by atoms with Gasteiger partial charge in [0.1, 0.15) is 11.6 Å². The Labute approximate surface area is 236 Å². The van der Waals surface area contributed by atoms with Crippen LogP contribution >= 0.6 is 11.6 Å². The summed E-state index contributed by atoms with van der Waals surface area (Å²) in [6.45, 7) is 6.65. The van der Waals surface area contributed by atoms with E-state index in [-0.39, 0.29) is 35.7 Å². The molecule has 2 saturated carbocycles. The van der Waals surface area contributed by atoms with Gasteiger partial charge in [0.05, 0.1) is 17.9 Å². The third kappa shape index (κ3) is 4.40. The molecule has 2 bridgehead atoms. The van der Waals surface area contributed by atoms with E-state index in [1.165, 1.54) is 6.42 Å². The van der Waals surface area contributed by atoms with Gasteiger partial charge in [-0.2, -0.15) is 0 Å². The zero-order valence-electron chi connectivity index (χ0n) is 23.1. The van der Waals surface area contributed by atoms with Gasteiger partial charge >= 0.3 is 0 Å². The number of nitrogens with one attached hydrogen (secondary N) is 2. The van der Waals surface area contributed by atoms with E-state index in [0.29, 0.717) is 22.5 Å². The number of nitrogens with zero attached hydrogens (tertiary/aromatic N) is 1. The molecule has 7 nitrogen and oxygen atoms in total. The Kier molecular flexibility index (Phi) is 7.03. The Morgan fingerprint density at radius 1 is 0.974 bits per heavy atom. The second kappa shape index (κ2) is 10.2. The number of ether oxygens (including phenoxy) is 1. The maximum Gasteiger partial charge on any atom is 0.246 e. The first-order valence-electron chi connectivity index (χ1n) is 14.8. The van der Waals surface area contributed by atoms with Gasteiger partial charge in [-0.1, -0.05) is 70.2 Å². The lowest BCUT2D eigenvalue weighted by molar-refractivity contribution is -0.146. The van der Waals surface area contributed by atoms with Crippen molar-refractivity contribution in [2.24, 2.45) is 29.6 Å². The van der Waals surface area contributed by atoms with Crippen LogP contribution in [-0.2, 0) is 19.1 Å². The maximum absolute atomic E-state index is 14.4. The fraction of sp³-hybridized carbons (Fsp3) is 0.645. The number of likely N-dealkylation sites (tertiary alicyclic amines) is 1. The Morgan fingerprint density at radius 3 is 2.44 bits per heavy atom. The number of fused-ring (bicyclic) bond motifs is 1. The molecular weight excluding hydrogens is 514 g/mol. The molecular formula is C31H40ClN3O4. The van der Waals surface area contributed by atoms with Crippen LogP contribution in [0.4, 0.5) is 5.69 Å². The van der Waals surface area contributed by atoms with Crippen LogP contribution < -0.4 is 10.6 Å². The standard InChI is InChI=1S/C31H40ClN3O4/c1-17-8-6-9-22(19(17)3)34-29(37)27-31-16-15-24(39-31)25(28(36)33-21-13-11-20(32)12-14-21)26(31)30(38)35(27)23-10-5-4-7-18(23)2/h11-19,22-27H,4-10H2,1-3H3,(H,33,36)(H,34,37)/t17-,18+,19+,22+,23-,24-,25-,26-,27+,31+/m1/s1. The number of rotatable bonds is 5. The molecule has 2 aliphatic carbocycles. The van der Waals surface area contributed by atoms with Gasteiger partial charge in [-0.05, 0) is 61.3 Å². The summed E-state index contributed by atoms with van der Waals surface area (Å²) in [5.41, 5.74) is -0.516. The van der Waals surface area contributed by atoms with Gasteiger partial charge < -0.3 is 20.3 Å². The van der Waals surface area contributed by atoms with Crippen LogP contribution in [-0.4, -0.2) is 52.5 Å². The first kappa shape index (κ1) is 26.8. The van der Waals surface area contributed by atoms with Crippen LogP contribution in [0.2, 0.25) is 5.02 Å². The van der Waals surface area contributed by atoms with E-state index in [1.54, 1.807) is 24.3 Å². The largest absolute Gasteiger partial charge is 0.359 e. The molecule has 2 saturated heterocycles. The van der Waals surface area contributed by atoms with Gasteiger partial charge in [-0.25, -0.2) is 0 Å². The van der Waals surface area contributed by atoms with Gasteiger partial charge in [-0.15, -0.1) is 0 Å². The summed E-state index contributed by atoms with van der Waals surface area (Å²) < 4.78 is 6.56. The SMILES string of the molecule is C[C@H]1[C@H](C)CCC[C@@H]1NC(=O)[C@@H]1N([C@@H]2CCCC[C@@H]2C)C(=O)[C@H]2[C@H](C(=O)Nc3ccc(Cl)cc3)[C@H]3C=C[C@@]12O3. The molecule has 210 valence electrons. The molecule has 10 atom stereocenters. The molecule has 0 radical (unpaired) electrons. The summed E-state index contributed by atoms with van der Waals surface area (Å²) in [5.74, 6) is -0.777. The third-order valence-electron chi connectivity index (χ3n) is 10.4. The molecule has 8 heteroatoms. The van der Waals surface area contributed by atoms with Crippen molar-refractivity contribution in [3.05, 3.63) is 41.4 Å². The minimum Gasteiger partial charge on any atom is -0.359 e. The molecule has 5 aliphatic rings. The van der Waals surface area contributed by atoms with Gasteiger partial charge in [0, 0.05) is 22.8 Å². The highest BCUT2D eigenvalue weighted by Gasteiger charge is 2.73. The Morgan fingerprint density at radius 2 is 1.69 bits per heavy atom. The topological polar surface area (TPSA) is 87.7 Å². The van der Waals surface area contributed by atoms with Crippen molar-refractivity contribution in [2.45, 2.75) is 95.5 Å². The van der Waals surface area contributed by atoms with Crippen molar-refractivity contribution in [1.29, 1.82) is 0 Å². The Balaban J connectivity index is 1.33. The van der Waals surface area contributed by atoms with Crippen molar-refractivity contribution in [3.8, 4) is 0 Å². The molecule has 1 spiro atoms. The van der Waals surface area contributed by atoms with E-state index in [1.807, 2.05) is 17.1 Å². The van der Waals surface area contributed by atoms with Crippen molar-refractivity contribution in [3.63, 3.8) is 0 Å². The number of halogens is 1. The molecule has 1 aromatic carbocycles. The fourth-order valence-electron chi connectivity index (χ4n) is 8.08. The number of benzene rings is 1. The van der Waals surface area contributed by atoms with Crippen molar-refractivity contribution < 1.29 is 19.1 Å². The van der Waals surface area contributed by atoms with Crippen molar-refractivity contribution in [2.75, 3.05) is 5.32 Å². The third-order valence-corrected chi connectivity index (χ3v) is 10.7. The molecule has 1 aromatic rings. The summed E-state index contributed by atoms with van der Waals surface area (Å²) >= 11 is 6.02. The van der Waals surface area contributed by atoms with Gasteiger partial charge in [0.15, 0.2) is 0 Å². The van der Waals surface area contributed by atoms with E-state index in [2.05, 4.69) is 31.4 Å². The normalized spacial score (nSPS) is 41.0. The quantitative estimate of drug-likeness (QED) is 0.505. The zero-order valence-corrected chi connectivity index (χ0v) is 23.8. The lowest BCUT2D eigenvalue weighted by Crippen LogP contribution is -2.60. The van der Waals surface area contributed by atoms with E-state index in [0.717, 1.165) is 38.5 Å². The number of carbonyl (C=O) groups excluding carboxylic acids is 3. The first-order valence-corrected chi connectivity index (χ1v) is 15.1. The summed E-state index contributed by atoms with van der Waals surface area (Å²) in [6.07, 6.45) is 10.5. The minimum absolute atomic E-state index is 0.0410. The molecule has 3 heterocycles. The lowest BCUT2D eigenvalue weighted by Gasteiger charge is -2.42. The van der Waals surface area contributed by atoms with Gasteiger partial charge in [0.2, 0.25) is 17.7 Å². The summed E-state index contributed by atoms with van der Waals surface area (Å²) in [6, 6.07) is 6.18. The predicted molar refractivity (Wildman–Crippen MR) is 150 cm³/mol. The highest BCUT2D eigenvalue weighted by Crippen LogP contribution is 2.56. The molecule has 2 N–H and O–H groups in total. The highest BCUT2D eigenvalue weighted by atomic mass is 35.5. The average molecular weight is 554 g/mol. The Hall–Kier alpha value is -2.38. The van der Waals surface area contributed by atoms with E-state index in [4.69, 9.17) is 16.3 Å². The minimum atomic E-state index is -1.13. The monoisotopic (exact) mass is 553 g/mol. The first-order chi connectivity index (χ1) is 18.7. The molecule has 39 heavy (non-hydrogen) atoms. The smallest absolute Gasteiger partial charge is 0.246 e. The summed E-state index contributed by atoms with van der Waals surface area (Å²) in [4.78, 5) is 44.2. The summed E-state index contributed by atoms with van der Waals surface area (Å²) in [7, 11) is 0. The highest BCUT2D eigenvalue weighted by molar-refractivity contribution is 6.30. The second-order valence-electron chi connectivity index (χ2n) is 12.7. The van der Waals surface area contributed by atoms with Crippen LogP contribution in [0, 0.1) is 29.6 Å². The van der Waals surface area contributed by atoms with Crippen LogP contribution in [0.3, 0.4) is 0 Å². The molecule has 6 rings (SSSR count). The molecule has 0 unspecified atom stereocenters. The number of hydrogen-bond acceptors (Lipinski definition) is 4. The number of amides is 3. The predicted octanol–water partition coefficient (Wildman–Crippen LogP) is 4.95. The van der Waals surface area contributed by atoms with Crippen molar-refractivity contribution >= 4 is 35.0 Å². The van der Waals surface area contributed by atoms with Crippen LogP contribution in [0.5, 0.6) is 0 Å². The van der Waals surface area contributed by atoms with Crippen LogP contribution in [0.25, 0.3) is 0 Å². The van der Waals surface area contributed by atoms with Crippen molar-refractivity contribution in [1.82, 2.24) is 10.2 Å². The molecule has 3 amide bonds. The van der Waals surface area contributed by atoms with Gasteiger partial charge in [0.25, 0.3) is 0 Å². The second-order valence-corrected chi connectivity index (χ2v) is 13.1. The average Bonchev–Trinajstić information content (AvgIpc) is 3.56. The number of hydrogen-bond donors (Lipinski definition) is 2. The van der Waals surface area contributed by atoms with E-state index in [9.17, 15) is 14.4 Å². The molecule has 0 aromatic heterocycles. The van der Waals surface area contributed by atoms with Crippen LogP contribution in [0.1, 0.15) is 65.7 Å². The maximum atomic E-state index is 14.4. The molecule has 3 aliphatic heterocycles. The molecule has 4 fully saturated rings. The summed E-state index contributed by atoms with van der Waals surface area (Å²) in [5, 5.41) is 6.91. The Bertz CT molecular complexity index is 1170. The zero-order chi connectivity index (χ0) is 27.5. The van der Waals surface area contributed by atoms with E-state index < -0.39 is 29.6 Å². The lowest BCUT2D eigenvalue weighted by atomic mass is 9.73. The van der Waals surface area contributed by atoms with Crippen LogP contribution in [0.15, 0.2) is 36.4 Å². The van der Waals surface area contributed by atoms with E-state index >= 15 is 0 Å².